The van der Waals surface area contributed by atoms with Crippen LogP contribution < -0.4 is 5.32 Å². The Balaban J connectivity index is 2.06. The highest BCUT2D eigenvalue weighted by Crippen LogP contribution is 2.12. The van der Waals surface area contributed by atoms with Gasteiger partial charge in [-0.1, -0.05) is 0 Å². The van der Waals surface area contributed by atoms with E-state index >= 15 is 0 Å². The summed E-state index contributed by atoms with van der Waals surface area (Å²) in [5, 5.41) is 2.74. The summed E-state index contributed by atoms with van der Waals surface area (Å²) in [5.41, 5.74) is 0. The molecule has 0 aromatic rings. The number of nitrogens with one attached hydrogen (secondary N) is 1. The molecular formula is C9H17NO3. The van der Waals surface area contributed by atoms with Gasteiger partial charge in [0, 0.05) is 19.8 Å². The lowest BCUT2D eigenvalue weighted by Gasteiger charge is -2.21. The van der Waals surface area contributed by atoms with Crippen molar-refractivity contribution >= 4 is 6.09 Å². The van der Waals surface area contributed by atoms with Crippen LogP contribution in [0.1, 0.15) is 19.8 Å². The molecule has 1 amide bonds. The number of amides is 1. The lowest BCUT2D eigenvalue weighted by atomic mass is 10.0. The molecule has 0 unspecified atom stereocenters. The van der Waals surface area contributed by atoms with E-state index in [0.717, 1.165) is 26.1 Å². The van der Waals surface area contributed by atoms with Crippen molar-refractivity contribution < 1.29 is 14.3 Å². The van der Waals surface area contributed by atoms with Crippen LogP contribution in [-0.4, -0.2) is 32.5 Å². The molecule has 0 saturated carbocycles. The summed E-state index contributed by atoms with van der Waals surface area (Å²) < 4.78 is 9.96. The van der Waals surface area contributed by atoms with Gasteiger partial charge in [-0.2, -0.15) is 0 Å². The number of carbonyl (C=O) groups excluding carboxylic acids is 1. The summed E-state index contributed by atoms with van der Waals surface area (Å²) in [6.45, 7) is 4.57. The molecule has 1 aliphatic heterocycles. The minimum absolute atomic E-state index is 0.311. The maximum Gasteiger partial charge on any atom is 0.407 e. The maximum atomic E-state index is 10.9. The zero-order valence-corrected chi connectivity index (χ0v) is 8.04. The van der Waals surface area contributed by atoms with Crippen LogP contribution in [0, 0.1) is 5.92 Å². The van der Waals surface area contributed by atoms with Crippen LogP contribution >= 0.6 is 0 Å². The largest absolute Gasteiger partial charge is 0.450 e. The van der Waals surface area contributed by atoms with Crippen LogP contribution in [0.4, 0.5) is 4.79 Å². The van der Waals surface area contributed by atoms with E-state index < -0.39 is 0 Å². The van der Waals surface area contributed by atoms with Gasteiger partial charge in [0.1, 0.15) is 0 Å². The fourth-order valence-electron chi connectivity index (χ4n) is 1.36. The molecular weight excluding hydrogens is 170 g/mol. The van der Waals surface area contributed by atoms with Crippen molar-refractivity contribution in [2.45, 2.75) is 19.8 Å². The Hall–Kier alpha value is -0.770. The van der Waals surface area contributed by atoms with Gasteiger partial charge < -0.3 is 14.8 Å². The van der Waals surface area contributed by atoms with Crippen LogP contribution in [0.2, 0.25) is 0 Å². The van der Waals surface area contributed by atoms with E-state index in [1.165, 1.54) is 0 Å². The van der Waals surface area contributed by atoms with Gasteiger partial charge in [0.15, 0.2) is 0 Å². The SMILES string of the molecule is CCOC(=O)NCC1CCOCC1. The molecule has 0 aliphatic carbocycles. The molecule has 1 fully saturated rings. The topological polar surface area (TPSA) is 47.6 Å². The highest BCUT2D eigenvalue weighted by atomic mass is 16.5. The van der Waals surface area contributed by atoms with E-state index in [-0.39, 0.29) is 6.09 Å². The average molecular weight is 187 g/mol. The normalized spacial score (nSPS) is 18.2. The van der Waals surface area contributed by atoms with Crippen LogP contribution in [0.3, 0.4) is 0 Å². The number of alkyl carbamates (subject to hydrolysis) is 1. The Morgan fingerprint density at radius 3 is 2.85 bits per heavy atom. The number of ether oxygens (including phenoxy) is 2. The summed E-state index contributed by atoms with van der Waals surface area (Å²) in [6.07, 6.45) is 1.76. The van der Waals surface area contributed by atoms with E-state index in [1.54, 1.807) is 6.92 Å². The number of rotatable bonds is 3. The Labute approximate surface area is 78.6 Å². The lowest BCUT2D eigenvalue weighted by molar-refractivity contribution is 0.0653. The molecule has 0 atom stereocenters. The van der Waals surface area contributed by atoms with Gasteiger partial charge in [-0.15, -0.1) is 0 Å². The molecule has 4 heteroatoms. The number of hydrogen-bond donors (Lipinski definition) is 1. The second kappa shape index (κ2) is 5.80. The van der Waals surface area contributed by atoms with E-state index in [4.69, 9.17) is 9.47 Å². The van der Waals surface area contributed by atoms with Gasteiger partial charge in [-0.25, -0.2) is 4.79 Å². The molecule has 13 heavy (non-hydrogen) atoms. The molecule has 0 radical (unpaired) electrons. The molecule has 0 aromatic carbocycles. The van der Waals surface area contributed by atoms with Crippen LogP contribution in [0.25, 0.3) is 0 Å². The first kappa shape index (κ1) is 10.3. The van der Waals surface area contributed by atoms with Crippen molar-refractivity contribution in [3.63, 3.8) is 0 Å². The Kier molecular flexibility index (Phi) is 4.60. The van der Waals surface area contributed by atoms with E-state index in [1.807, 2.05) is 0 Å². The maximum absolute atomic E-state index is 10.9. The zero-order valence-electron chi connectivity index (χ0n) is 8.04. The van der Waals surface area contributed by atoms with Crippen molar-refractivity contribution in [3.8, 4) is 0 Å². The quantitative estimate of drug-likeness (QED) is 0.721. The molecule has 1 N–H and O–H groups in total. The van der Waals surface area contributed by atoms with Gasteiger partial charge >= 0.3 is 6.09 Å². The monoisotopic (exact) mass is 187 g/mol. The number of hydrogen-bond acceptors (Lipinski definition) is 3. The van der Waals surface area contributed by atoms with E-state index in [9.17, 15) is 4.79 Å². The van der Waals surface area contributed by atoms with Crippen molar-refractivity contribution in [1.82, 2.24) is 5.32 Å². The van der Waals surface area contributed by atoms with Gasteiger partial charge in [-0.05, 0) is 25.7 Å². The molecule has 0 aromatic heterocycles. The van der Waals surface area contributed by atoms with Crippen LogP contribution in [0.5, 0.6) is 0 Å². The summed E-state index contributed by atoms with van der Waals surface area (Å²) in [6, 6.07) is 0. The second-order valence-electron chi connectivity index (χ2n) is 3.16. The Morgan fingerprint density at radius 1 is 1.54 bits per heavy atom. The first-order valence-corrected chi connectivity index (χ1v) is 4.81. The minimum Gasteiger partial charge on any atom is -0.450 e. The predicted octanol–water partition coefficient (Wildman–Crippen LogP) is 1.16. The smallest absolute Gasteiger partial charge is 0.407 e. The molecule has 0 spiro atoms. The summed E-state index contributed by atoms with van der Waals surface area (Å²) >= 11 is 0. The fraction of sp³-hybridized carbons (Fsp3) is 0.889. The Morgan fingerprint density at radius 2 is 2.23 bits per heavy atom. The second-order valence-corrected chi connectivity index (χ2v) is 3.16. The third kappa shape index (κ3) is 4.12. The van der Waals surface area contributed by atoms with E-state index in [2.05, 4.69) is 5.32 Å². The third-order valence-electron chi connectivity index (χ3n) is 2.15. The van der Waals surface area contributed by atoms with Gasteiger partial charge in [-0.3, -0.25) is 0 Å². The van der Waals surface area contributed by atoms with Crippen LogP contribution in [0.15, 0.2) is 0 Å². The van der Waals surface area contributed by atoms with Crippen molar-refractivity contribution in [2.24, 2.45) is 5.92 Å². The highest BCUT2D eigenvalue weighted by molar-refractivity contribution is 5.66. The molecule has 1 saturated heterocycles. The predicted molar refractivity (Wildman–Crippen MR) is 48.6 cm³/mol. The molecule has 76 valence electrons. The molecule has 1 aliphatic rings. The molecule has 1 heterocycles. The van der Waals surface area contributed by atoms with Crippen molar-refractivity contribution in [2.75, 3.05) is 26.4 Å². The standard InChI is InChI=1S/C9H17NO3/c1-2-13-9(11)10-7-8-3-5-12-6-4-8/h8H,2-7H2,1H3,(H,10,11). The van der Waals surface area contributed by atoms with Gasteiger partial charge in [0.2, 0.25) is 0 Å². The summed E-state index contributed by atoms with van der Waals surface area (Å²) in [7, 11) is 0. The first-order valence-electron chi connectivity index (χ1n) is 4.81. The Bertz CT molecular complexity index is 155. The van der Waals surface area contributed by atoms with Crippen molar-refractivity contribution in [1.29, 1.82) is 0 Å². The first-order chi connectivity index (χ1) is 6.33. The highest BCUT2D eigenvalue weighted by Gasteiger charge is 2.14. The van der Waals surface area contributed by atoms with Crippen LogP contribution in [-0.2, 0) is 9.47 Å². The van der Waals surface area contributed by atoms with E-state index in [0.29, 0.717) is 19.1 Å². The molecule has 1 rings (SSSR count). The fourth-order valence-corrected chi connectivity index (χ4v) is 1.36. The summed E-state index contributed by atoms with van der Waals surface area (Å²) in [5.74, 6) is 0.554. The van der Waals surface area contributed by atoms with Gasteiger partial charge in [0.25, 0.3) is 0 Å². The zero-order chi connectivity index (χ0) is 9.52. The molecule has 4 nitrogen and oxygen atoms in total. The minimum atomic E-state index is -0.311. The lowest BCUT2D eigenvalue weighted by Crippen LogP contribution is -2.32. The van der Waals surface area contributed by atoms with Gasteiger partial charge in [0.05, 0.1) is 6.61 Å². The molecule has 0 bridgehead atoms. The third-order valence-corrected chi connectivity index (χ3v) is 2.15. The number of carbonyl (C=O) groups is 1. The average Bonchev–Trinajstić information content (AvgIpc) is 2.17. The van der Waals surface area contributed by atoms with Crippen molar-refractivity contribution in [3.05, 3.63) is 0 Å². The summed E-state index contributed by atoms with van der Waals surface area (Å²) in [4.78, 5) is 10.9.